The number of rotatable bonds is 5. The fourth-order valence-electron chi connectivity index (χ4n) is 2.28. The Hall–Kier alpha value is -1.71. The number of carbonyl (C=O) groups is 1. The van der Waals surface area contributed by atoms with Crippen LogP contribution in [0.5, 0.6) is 0 Å². The number of aromatic nitrogens is 2. The molecule has 1 unspecified atom stereocenters. The summed E-state index contributed by atoms with van der Waals surface area (Å²) >= 11 is 5.84. The third kappa shape index (κ3) is 3.38. The van der Waals surface area contributed by atoms with Gasteiger partial charge < -0.3 is 20.3 Å². The van der Waals surface area contributed by atoms with Crippen molar-refractivity contribution in [2.24, 2.45) is 5.92 Å². The highest BCUT2D eigenvalue weighted by atomic mass is 35.5. The number of carbonyl (C=O) groups excluding carboxylic acids is 1. The Morgan fingerprint density at radius 1 is 1.67 bits per heavy atom. The van der Waals surface area contributed by atoms with E-state index in [1.807, 2.05) is 0 Å². The van der Waals surface area contributed by atoms with Gasteiger partial charge in [-0.25, -0.2) is 9.18 Å². The number of halogens is 2. The number of esters is 1. The molecule has 0 bridgehead atoms. The summed E-state index contributed by atoms with van der Waals surface area (Å²) in [6, 6.07) is 1.29. The van der Waals surface area contributed by atoms with Gasteiger partial charge in [-0.3, -0.25) is 9.36 Å². The Labute approximate surface area is 142 Å². The van der Waals surface area contributed by atoms with Crippen LogP contribution >= 0.6 is 11.6 Å². The first kappa shape index (κ1) is 18.6. The average molecular weight is 364 g/mol. The van der Waals surface area contributed by atoms with Crippen molar-refractivity contribution in [1.82, 2.24) is 9.55 Å². The van der Waals surface area contributed by atoms with E-state index in [-0.39, 0.29) is 11.7 Å². The van der Waals surface area contributed by atoms with E-state index in [1.54, 1.807) is 13.8 Å². The summed E-state index contributed by atoms with van der Waals surface area (Å²) in [7, 11) is 0. The van der Waals surface area contributed by atoms with E-state index < -0.39 is 48.3 Å². The van der Waals surface area contributed by atoms with Gasteiger partial charge in [-0.05, 0) is 6.07 Å². The van der Waals surface area contributed by atoms with E-state index in [4.69, 9.17) is 26.8 Å². The van der Waals surface area contributed by atoms with Gasteiger partial charge in [-0.1, -0.05) is 13.8 Å². The molecule has 0 saturated carbocycles. The van der Waals surface area contributed by atoms with Gasteiger partial charge in [0.25, 0.3) is 0 Å². The van der Waals surface area contributed by atoms with Crippen molar-refractivity contribution < 1.29 is 23.8 Å². The van der Waals surface area contributed by atoms with Gasteiger partial charge in [0.15, 0.2) is 12.4 Å². The van der Waals surface area contributed by atoms with Crippen LogP contribution in [0.2, 0.25) is 0 Å². The van der Waals surface area contributed by atoms with E-state index in [0.717, 1.165) is 4.57 Å². The standard InChI is InChI=1S/C14H19ClFN3O5/c1-7(2)12(21)23-6-14(5-15)10(20)9(16)11(24-14)19-4-3-8(17)18-13(19)22/h3-4,7,9-11,20H,5-6H2,1-2H3,(H2,17,18,22)/t9?,10-,11+,14+/m0/s1. The lowest BCUT2D eigenvalue weighted by molar-refractivity contribution is -0.165. The Balaban J connectivity index is 2.26. The Bertz CT molecular complexity index is 670. The Morgan fingerprint density at radius 2 is 2.33 bits per heavy atom. The van der Waals surface area contributed by atoms with E-state index in [0.29, 0.717) is 0 Å². The highest BCUT2D eigenvalue weighted by Crippen LogP contribution is 2.39. The van der Waals surface area contributed by atoms with Crippen LogP contribution in [0.4, 0.5) is 10.2 Å². The largest absolute Gasteiger partial charge is 0.462 e. The lowest BCUT2D eigenvalue weighted by Crippen LogP contribution is -2.48. The molecular formula is C14H19ClFN3O5. The van der Waals surface area contributed by atoms with Gasteiger partial charge in [0.2, 0.25) is 0 Å². The molecule has 1 aliphatic rings. The summed E-state index contributed by atoms with van der Waals surface area (Å²) in [5, 5.41) is 10.2. The van der Waals surface area contributed by atoms with Crippen molar-refractivity contribution in [3.8, 4) is 0 Å². The predicted molar refractivity (Wildman–Crippen MR) is 83.2 cm³/mol. The van der Waals surface area contributed by atoms with Crippen LogP contribution in [0.15, 0.2) is 17.1 Å². The fraction of sp³-hybridized carbons (Fsp3) is 0.643. The maximum absolute atomic E-state index is 14.5. The number of hydrogen-bond acceptors (Lipinski definition) is 7. The first-order chi connectivity index (χ1) is 11.2. The summed E-state index contributed by atoms with van der Waals surface area (Å²) in [4.78, 5) is 27.0. The number of aliphatic hydroxyl groups is 1. The summed E-state index contributed by atoms with van der Waals surface area (Å²) in [5.41, 5.74) is 2.89. The van der Waals surface area contributed by atoms with E-state index >= 15 is 0 Å². The minimum atomic E-state index is -1.97. The number of hydrogen-bond donors (Lipinski definition) is 2. The minimum absolute atomic E-state index is 0.0281. The molecule has 1 aliphatic heterocycles. The lowest BCUT2D eigenvalue weighted by atomic mass is 9.99. The Kier molecular flexibility index (Phi) is 5.46. The number of aliphatic hydroxyl groups excluding tert-OH is 1. The number of nitrogens with zero attached hydrogens (tertiary/aromatic N) is 2. The maximum Gasteiger partial charge on any atom is 0.351 e. The van der Waals surface area contributed by atoms with E-state index in [9.17, 15) is 19.1 Å². The maximum atomic E-state index is 14.5. The highest BCUT2D eigenvalue weighted by Gasteiger charge is 2.56. The Morgan fingerprint density at radius 3 is 2.88 bits per heavy atom. The molecule has 0 spiro atoms. The number of anilines is 1. The second kappa shape index (κ2) is 7.04. The quantitative estimate of drug-likeness (QED) is 0.568. The average Bonchev–Trinajstić information content (AvgIpc) is 2.78. The van der Waals surface area contributed by atoms with Crippen molar-refractivity contribution in [2.45, 2.75) is 38.0 Å². The topological polar surface area (TPSA) is 117 Å². The molecule has 1 saturated heterocycles. The van der Waals surface area contributed by atoms with Crippen molar-refractivity contribution in [3.05, 3.63) is 22.7 Å². The summed E-state index contributed by atoms with van der Waals surface area (Å²) in [6.07, 6.45) is -3.91. The SMILES string of the molecule is CC(C)C(=O)OC[C@@]1(CCl)O[C@@H](n2ccc(N)nc2=O)C(F)[C@@H]1O. The molecular weight excluding hydrogens is 345 g/mol. The molecule has 0 radical (unpaired) electrons. The predicted octanol–water partition coefficient (Wildman–Crippen LogP) is 0.230. The molecule has 0 aliphatic carbocycles. The van der Waals surface area contributed by atoms with Gasteiger partial charge in [0.05, 0.1) is 11.8 Å². The number of ether oxygens (including phenoxy) is 2. The van der Waals surface area contributed by atoms with Crippen molar-refractivity contribution >= 4 is 23.4 Å². The van der Waals surface area contributed by atoms with E-state index in [1.165, 1.54) is 12.3 Å². The third-order valence-electron chi connectivity index (χ3n) is 3.75. The van der Waals surface area contributed by atoms with Gasteiger partial charge in [-0.2, -0.15) is 4.98 Å². The monoisotopic (exact) mass is 363 g/mol. The van der Waals surface area contributed by atoms with Crippen LogP contribution in [0.25, 0.3) is 0 Å². The van der Waals surface area contributed by atoms with Crippen LogP contribution in [-0.2, 0) is 14.3 Å². The number of nitrogens with two attached hydrogens (primary N) is 1. The zero-order valence-corrected chi connectivity index (χ0v) is 13.9. The molecule has 1 aromatic heterocycles. The molecule has 2 rings (SSSR count). The van der Waals surface area contributed by atoms with Gasteiger partial charge >= 0.3 is 11.7 Å². The third-order valence-corrected chi connectivity index (χ3v) is 4.20. The van der Waals surface area contributed by atoms with Gasteiger partial charge in [-0.15, -0.1) is 11.6 Å². The second-order valence-electron chi connectivity index (χ2n) is 5.90. The molecule has 4 atom stereocenters. The minimum Gasteiger partial charge on any atom is -0.462 e. The van der Waals surface area contributed by atoms with Crippen molar-refractivity contribution in [2.75, 3.05) is 18.2 Å². The fourth-order valence-corrected chi connectivity index (χ4v) is 2.58. The number of alkyl halides is 2. The molecule has 1 fully saturated rings. The molecule has 10 heteroatoms. The first-order valence-electron chi connectivity index (χ1n) is 7.29. The second-order valence-corrected chi connectivity index (χ2v) is 6.17. The normalized spacial score (nSPS) is 29.8. The van der Waals surface area contributed by atoms with Crippen molar-refractivity contribution in [1.29, 1.82) is 0 Å². The molecule has 1 aromatic rings. The molecule has 134 valence electrons. The summed E-state index contributed by atoms with van der Waals surface area (Å²) in [6.45, 7) is 2.81. The highest BCUT2D eigenvalue weighted by molar-refractivity contribution is 6.18. The molecule has 24 heavy (non-hydrogen) atoms. The molecule has 8 nitrogen and oxygen atoms in total. The molecule has 0 amide bonds. The molecule has 2 heterocycles. The summed E-state index contributed by atoms with van der Waals surface area (Å²) < 4.78 is 25.9. The van der Waals surface area contributed by atoms with Crippen LogP contribution in [0, 0.1) is 5.92 Å². The summed E-state index contributed by atoms with van der Waals surface area (Å²) in [5.74, 6) is -1.31. The lowest BCUT2D eigenvalue weighted by Gasteiger charge is -2.29. The van der Waals surface area contributed by atoms with Crippen LogP contribution in [0.3, 0.4) is 0 Å². The van der Waals surface area contributed by atoms with Crippen molar-refractivity contribution in [3.63, 3.8) is 0 Å². The number of nitrogen functional groups attached to an aromatic ring is 1. The molecule has 0 aromatic carbocycles. The molecule has 3 N–H and O–H groups in total. The van der Waals surface area contributed by atoms with E-state index in [2.05, 4.69) is 4.98 Å². The zero-order chi connectivity index (χ0) is 18.1. The smallest absolute Gasteiger partial charge is 0.351 e. The van der Waals surface area contributed by atoms with Gasteiger partial charge in [0.1, 0.15) is 24.1 Å². The first-order valence-corrected chi connectivity index (χ1v) is 7.82. The van der Waals surface area contributed by atoms with Crippen LogP contribution in [0.1, 0.15) is 20.1 Å². The van der Waals surface area contributed by atoms with Gasteiger partial charge in [0, 0.05) is 6.20 Å². The van der Waals surface area contributed by atoms with Crippen LogP contribution in [-0.4, -0.2) is 51.0 Å². The van der Waals surface area contributed by atoms with Crippen LogP contribution < -0.4 is 11.4 Å². The zero-order valence-electron chi connectivity index (χ0n) is 13.2.